The Morgan fingerprint density at radius 3 is 2.44 bits per heavy atom. The molecule has 94 valence electrons. The van der Waals surface area contributed by atoms with Gasteiger partial charge in [0.1, 0.15) is 0 Å². The van der Waals surface area contributed by atoms with Crippen LogP contribution in [-0.2, 0) is 6.54 Å². The minimum atomic E-state index is 0.438. The third kappa shape index (κ3) is 1.93. The molecule has 0 unspecified atom stereocenters. The van der Waals surface area contributed by atoms with E-state index in [1.807, 2.05) is 6.07 Å². The van der Waals surface area contributed by atoms with Crippen molar-refractivity contribution in [2.75, 3.05) is 18.0 Å². The van der Waals surface area contributed by atoms with Gasteiger partial charge in [0.2, 0.25) is 0 Å². The second-order valence-electron chi connectivity index (χ2n) is 4.77. The van der Waals surface area contributed by atoms with Gasteiger partial charge in [0.25, 0.3) is 0 Å². The maximum Gasteiger partial charge on any atom is 0.159 e. The first-order chi connectivity index (χ1) is 8.90. The monoisotopic (exact) mass is 242 g/mol. The fourth-order valence-electron chi connectivity index (χ4n) is 2.64. The van der Waals surface area contributed by atoms with E-state index in [1.165, 1.54) is 24.6 Å². The molecule has 2 N–H and O–H groups in total. The molecule has 2 aromatic rings. The summed E-state index contributed by atoms with van der Waals surface area (Å²) in [6.07, 6.45) is 3.81. The molecule has 18 heavy (non-hydrogen) atoms. The molecule has 0 atom stereocenters. The zero-order chi connectivity index (χ0) is 12.4. The highest BCUT2D eigenvalue weighted by atomic mass is 15.3. The lowest BCUT2D eigenvalue weighted by atomic mass is 10.1. The smallest absolute Gasteiger partial charge is 0.159 e. The Balaban J connectivity index is 2.12. The van der Waals surface area contributed by atoms with Gasteiger partial charge in [-0.25, -0.2) is 0 Å². The van der Waals surface area contributed by atoms with Crippen molar-refractivity contribution in [3.05, 3.63) is 30.0 Å². The molecule has 0 radical (unpaired) electrons. The maximum absolute atomic E-state index is 5.73. The Bertz CT molecular complexity index is 546. The lowest BCUT2D eigenvalue weighted by molar-refractivity contribution is 0.572. The van der Waals surface area contributed by atoms with Crippen molar-refractivity contribution in [1.29, 1.82) is 0 Å². The Kier molecular flexibility index (Phi) is 3.11. The molecule has 4 heteroatoms. The number of fused-ring (bicyclic) bond motifs is 1. The SMILES string of the molecule is NCc1nnc(N2CCCCC2)c2ccccc12. The molecule has 0 saturated carbocycles. The lowest BCUT2D eigenvalue weighted by Gasteiger charge is -2.28. The van der Waals surface area contributed by atoms with Crippen LogP contribution in [0.4, 0.5) is 5.82 Å². The normalized spacial score (nSPS) is 16.2. The van der Waals surface area contributed by atoms with E-state index in [1.54, 1.807) is 0 Å². The summed E-state index contributed by atoms with van der Waals surface area (Å²) in [6.45, 7) is 2.61. The van der Waals surface area contributed by atoms with E-state index in [4.69, 9.17) is 5.73 Å². The van der Waals surface area contributed by atoms with Crippen LogP contribution >= 0.6 is 0 Å². The van der Waals surface area contributed by atoms with Crippen LogP contribution in [-0.4, -0.2) is 23.3 Å². The third-order valence-corrected chi connectivity index (χ3v) is 3.59. The molecule has 1 aliphatic heterocycles. The van der Waals surface area contributed by atoms with E-state index in [9.17, 15) is 0 Å². The largest absolute Gasteiger partial charge is 0.355 e. The van der Waals surface area contributed by atoms with Crippen molar-refractivity contribution in [3.63, 3.8) is 0 Å². The van der Waals surface area contributed by atoms with Crippen molar-refractivity contribution in [1.82, 2.24) is 10.2 Å². The van der Waals surface area contributed by atoms with Crippen LogP contribution in [0, 0.1) is 0 Å². The Morgan fingerprint density at radius 2 is 1.72 bits per heavy atom. The Labute approximate surface area is 107 Å². The summed E-state index contributed by atoms with van der Waals surface area (Å²) < 4.78 is 0. The van der Waals surface area contributed by atoms with Gasteiger partial charge in [-0.2, -0.15) is 5.10 Å². The van der Waals surface area contributed by atoms with Gasteiger partial charge in [0.15, 0.2) is 5.82 Å². The first-order valence-electron chi connectivity index (χ1n) is 6.59. The highest BCUT2D eigenvalue weighted by Crippen LogP contribution is 2.27. The second-order valence-corrected chi connectivity index (χ2v) is 4.77. The molecule has 1 saturated heterocycles. The number of aromatic nitrogens is 2. The highest BCUT2D eigenvalue weighted by molar-refractivity contribution is 5.93. The van der Waals surface area contributed by atoms with Crippen LogP contribution in [0.15, 0.2) is 24.3 Å². The lowest BCUT2D eigenvalue weighted by Crippen LogP contribution is -2.30. The Morgan fingerprint density at radius 1 is 1.00 bits per heavy atom. The number of rotatable bonds is 2. The average Bonchev–Trinajstić information content (AvgIpc) is 2.47. The summed E-state index contributed by atoms with van der Waals surface area (Å²) in [4.78, 5) is 2.35. The maximum atomic E-state index is 5.73. The molecule has 1 fully saturated rings. The first-order valence-corrected chi connectivity index (χ1v) is 6.59. The summed E-state index contributed by atoms with van der Waals surface area (Å²) >= 11 is 0. The quantitative estimate of drug-likeness (QED) is 0.876. The topological polar surface area (TPSA) is 55.0 Å². The summed E-state index contributed by atoms with van der Waals surface area (Å²) in [5, 5.41) is 11.0. The van der Waals surface area contributed by atoms with Gasteiger partial charge in [-0.05, 0) is 19.3 Å². The third-order valence-electron chi connectivity index (χ3n) is 3.59. The van der Waals surface area contributed by atoms with Crippen molar-refractivity contribution in [3.8, 4) is 0 Å². The van der Waals surface area contributed by atoms with Crippen molar-refractivity contribution >= 4 is 16.6 Å². The zero-order valence-electron chi connectivity index (χ0n) is 10.5. The molecular formula is C14H18N4. The number of benzene rings is 1. The standard InChI is InChI=1S/C14H18N4/c15-10-13-11-6-2-3-7-12(11)14(17-16-13)18-8-4-1-5-9-18/h2-3,6-7H,1,4-5,8-10,15H2. The van der Waals surface area contributed by atoms with E-state index >= 15 is 0 Å². The summed E-state index contributed by atoms with van der Waals surface area (Å²) in [5.41, 5.74) is 6.61. The number of hydrogen-bond donors (Lipinski definition) is 1. The number of hydrogen-bond acceptors (Lipinski definition) is 4. The fourth-order valence-corrected chi connectivity index (χ4v) is 2.64. The summed E-state index contributed by atoms with van der Waals surface area (Å²) in [7, 11) is 0. The van der Waals surface area contributed by atoms with E-state index < -0.39 is 0 Å². The zero-order valence-corrected chi connectivity index (χ0v) is 10.5. The van der Waals surface area contributed by atoms with Gasteiger partial charge in [-0.1, -0.05) is 24.3 Å². The van der Waals surface area contributed by atoms with Crippen LogP contribution in [0.25, 0.3) is 10.8 Å². The van der Waals surface area contributed by atoms with E-state index in [0.29, 0.717) is 6.54 Å². The van der Waals surface area contributed by atoms with Gasteiger partial charge in [-0.3, -0.25) is 0 Å². The number of nitrogens with two attached hydrogens (primary N) is 1. The average molecular weight is 242 g/mol. The predicted molar refractivity (Wildman–Crippen MR) is 73.5 cm³/mol. The highest BCUT2D eigenvalue weighted by Gasteiger charge is 2.16. The molecule has 2 heterocycles. The molecule has 1 aromatic carbocycles. The molecule has 0 amide bonds. The molecule has 3 rings (SSSR count). The van der Waals surface area contributed by atoms with E-state index in [2.05, 4.69) is 33.3 Å². The minimum Gasteiger partial charge on any atom is -0.355 e. The van der Waals surface area contributed by atoms with Crippen LogP contribution in [0.1, 0.15) is 25.0 Å². The molecule has 1 aromatic heterocycles. The predicted octanol–water partition coefficient (Wildman–Crippen LogP) is 2.08. The summed E-state index contributed by atoms with van der Waals surface area (Å²) in [6, 6.07) is 8.29. The summed E-state index contributed by atoms with van der Waals surface area (Å²) in [5.74, 6) is 1.02. The molecule has 1 aliphatic rings. The van der Waals surface area contributed by atoms with Gasteiger partial charge in [-0.15, -0.1) is 5.10 Å². The van der Waals surface area contributed by atoms with Crippen LogP contribution in [0.2, 0.25) is 0 Å². The van der Waals surface area contributed by atoms with Gasteiger partial charge in [0.05, 0.1) is 5.69 Å². The van der Waals surface area contributed by atoms with Crippen LogP contribution in [0.5, 0.6) is 0 Å². The molecule has 4 nitrogen and oxygen atoms in total. The van der Waals surface area contributed by atoms with Crippen LogP contribution in [0.3, 0.4) is 0 Å². The van der Waals surface area contributed by atoms with E-state index in [-0.39, 0.29) is 0 Å². The fraction of sp³-hybridized carbons (Fsp3) is 0.429. The Hall–Kier alpha value is -1.68. The van der Waals surface area contributed by atoms with Crippen molar-refractivity contribution < 1.29 is 0 Å². The molecule has 0 aliphatic carbocycles. The molecule has 0 bridgehead atoms. The van der Waals surface area contributed by atoms with Gasteiger partial charge >= 0.3 is 0 Å². The van der Waals surface area contributed by atoms with Crippen molar-refractivity contribution in [2.24, 2.45) is 5.73 Å². The minimum absolute atomic E-state index is 0.438. The number of nitrogens with zero attached hydrogens (tertiary/aromatic N) is 3. The number of piperidine rings is 1. The second kappa shape index (κ2) is 4.90. The van der Waals surface area contributed by atoms with E-state index in [0.717, 1.165) is 30.0 Å². The van der Waals surface area contributed by atoms with Gasteiger partial charge < -0.3 is 10.6 Å². The molecular weight excluding hydrogens is 224 g/mol. The number of anilines is 1. The first kappa shape index (κ1) is 11.4. The van der Waals surface area contributed by atoms with Crippen molar-refractivity contribution in [2.45, 2.75) is 25.8 Å². The molecule has 0 spiro atoms. The van der Waals surface area contributed by atoms with Crippen LogP contribution < -0.4 is 10.6 Å². The van der Waals surface area contributed by atoms with Gasteiger partial charge in [0, 0.05) is 30.4 Å².